The van der Waals surface area contributed by atoms with Gasteiger partial charge in [0.05, 0.1) is 29.9 Å². The quantitative estimate of drug-likeness (QED) is 0.266. The Kier molecular flexibility index (Phi) is 10.0. The molecule has 0 aliphatic heterocycles. The first kappa shape index (κ1) is 30.1. The number of benzene rings is 1. The lowest BCUT2D eigenvalue weighted by Crippen LogP contribution is -2.35. The fraction of sp³-hybridized carbons (Fsp3) is 0.419. The molecule has 0 bridgehead atoms. The molecule has 8 nitrogen and oxygen atoms in total. The summed E-state index contributed by atoms with van der Waals surface area (Å²) in [5, 5.41) is -0.0205. The second-order valence-corrected chi connectivity index (χ2v) is 10.5. The summed E-state index contributed by atoms with van der Waals surface area (Å²) < 4.78 is 31.8. The van der Waals surface area contributed by atoms with Crippen LogP contribution in [-0.4, -0.2) is 42.1 Å². The van der Waals surface area contributed by atoms with Gasteiger partial charge in [0.25, 0.3) is 5.91 Å². The Morgan fingerprint density at radius 2 is 1.80 bits per heavy atom. The van der Waals surface area contributed by atoms with Crippen molar-refractivity contribution in [3.05, 3.63) is 63.7 Å². The predicted molar refractivity (Wildman–Crippen MR) is 151 cm³/mol. The van der Waals surface area contributed by atoms with Crippen molar-refractivity contribution >= 4 is 35.1 Å². The number of anilines is 1. The van der Waals surface area contributed by atoms with Crippen molar-refractivity contribution in [2.24, 2.45) is 0 Å². The van der Waals surface area contributed by atoms with Gasteiger partial charge in [-0.2, -0.15) is 0 Å². The van der Waals surface area contributed by atoms with Crippen LogP contribution in [0.5, 0.6) is 5.75 Å². The molecule has 216 valence electrons. The van der Waals surface area contributed by atoms with Crippen molar-refractivity contribution in [2.75, 3.05) is 12.0 Å². The van der Waals surface area contributed by atoms with Gasteiger partial charge in [-0.25, -0.2) is 14.0 Å². The van der Waals surface area contributed by atoms with E-state index < -0.39 is 29.8 Å². The Morgan fingerprint density at radius 3 is 2.49 bits per heavy atom. The van der Waals surface area contributed by atoms with Gasteiger partial charge in [-0.3, -0.25) is 9.78 Å². The number of pyridine rings is 1. The molecule has 1 aromatic carbocycles. The first-order chi connectivity index (χ1) is 19.7. The van der Waals surface area contributed by atoms with E-state index in [0.29, 0.717) is 30.4 Å². The van der Waals surface area contributed by atoms with Crippen LogP contribution in [0.3, 0.4) is 0 Å². The number of ether oxygens (including phenoxy) is 3. The van der Waals surface area contributed by atoms with Gasteiger partial charge in [-0.1, -0.05) is 17.5 Å². The molecule has 41 heavy (non-hydrogen) atoms. The minimum Gasteiger partial charge on any atom is -0.476 e. The molecule has 1 heterocycles. The number of rotatable bonds is 9. The summed E-state index contributed by atoms with van der Waals surface area (Å²) >= 11 is 6.24. The Labute approximate surface area is 243 Å². The second-order valence-electron chi connectivity index (χ2n) is 10.1. The summed E-state index contributed by atoms with van der Waals surface area (Å²) in [5.41, 5.74) is 1.04. The van der Waals surface area contributed by atoms with Crippen molar-refractivity contribution < 1.29 is 33.0 Å². The summed E-state index contributed by atoms with van der Waals surface area (Å²) in [4.78, 5) is 44.9. The topological polar surface area (TPSA) is 95.0 Å². The SMILES string of the molecule is C#CC(C)Oc1cc(N(Cc2cncc(C(=O)OC)c2)C(=O)C2=C(C(=O)OC3CCCC3)CCCC2)c(F)cc1Cl. The molecule has 1 fully saturated rings. The third kappa shape index (κ3) is 7.25. The predicted octanol–water partition coefficient (Wildman–Crippen LogP) is 5.95. The highest BCUT2D eigenvalue weighted by Gasteiger charge is 2.32. The third-order valence-corrected chi connectivity index (χ3v) is 7.48. The molecule has 2 aliphatic carbocycles. The summed E-state index contributed by atoms with van der Waals surface area (Å²) in [6.45, 7) is 1.45. The number of hydrogen-bond donors (Lipinski definition) is 0. The maximum atomic E-state index is 15.5. The molecule has 1 unspecified atom stereocenters. The van der Waals surface area contributed by atoms with Crippen LogP contribution >= 0.6 is 11.6 Å². The molecule has 1 saturated carbocycles. The van der Waals surface area contributed by atoms with E-state index >= 15 is 4.39 Å². The highest BCUT2D eigenvalue weighted by Crippen LogP contribution is 2.36. The van der Waals surface area contributed by atoms with Crippen molar-refractivity contribution in [3.8, 4) is 18.1 Å². The summed E-state index contributed by atoms with van der Waals surface area (Å²) in [6.07, 6.45) is 13.1. The van der Waals surface area contributed by atoms with Gasteiger partial charge in [0.2, 0.25) is 0 Å². The van der Waals surface area contributed by atoms with Crippen LogP contribution in [-0.2, 0) is 25.6 Å². The summed E-state index contributed by atoms with van der Waals surface area (Å²) in [5.74, 6) is 0.0483. The lowest BCUT2D eigenvalue weighted by molar-refractivity contribution is -0.144. The zero-order chi connectivity index (χ0) is 29.5. The minimum atomic E-state index is -0.785. The molecule has 0 N–H and O–H groups in total. The Bertz CT molecular complexity index is 1400. The fourth-order valence-corrected chi connectivity index (χ4v) is 5.25. The van der Waals surface area contributed by atoms with Crippen molar-refractivity contribution in [2.45, 2.75) is 77.0 Å². The lowest BCUT2D eigenvalue weighted by atomic mass is 9.90. The van der Waals surface area contributed by atoms with Crippen LogP contribution in [0.2, 0.25) is 5.02 Å². The van der Waals surface area contributed by atoms with Gasteiger partial charge >= 0.3 is 11.9 Å². The van der Waals surface area contributed by atoms with E-state index in [1.54, 1.807) is 6.92 Å². The number of terminal acetylenes is 1. The monoisotopic (exact) mass is 582 g/mol. The molecule has 1 aromatic heterocycles. The molecule has 0 saturated heterocycles. The van der Waals surface area contributed by atoms with E-state index in [2.05, 4.69) is 10.9 Å². The van der Waals surface area contributed by atoms with Crippen molar-refractivity contribution in [3.63, 3.8) is 0 Å². The van der Waals surface area contributed by atoms with Crippen LogP contribution in [0.25, 0.3) is 0 Å². The van der Waals surface area contributed by atoms with Gasteiger partial charge in [-0.15, -0.1) is 6.42 Å². The van der Waals surface area contributed by atoms with Gasteiger partial charge in [0, 0.05) is 29.6 Å². The van der Waals surface area contributed by atoms with Crippen LogP contribution in [0.15, 0.2) is 41.7 Å². The summed E-state index contributed by atoms with van der Waals surface area (Å²) in [7, 11) is 1.24. The molecule has 0 radical (unpaired) electrons. The second kappa shape index (κ2) is 13.6. The normalized spacial score (nSPS) is 16.1. The van der Waals surface area contributed by atoms with Crippen LogP contribution in [0, 0.1) is 18.2 Å². The smallest absolute Gasteiger partial charge is 0.339 e. The maximum absolute atomic E-state index is 15.5. The molecular weight excluding hydrogens is 551 g/mol. The number of methoxy groups -OCH3 is 1. The third-order valence-electron chi connectivity index (χ3n) is 7.18. The van der Waals surface area contributed by atoms with Gasteiger partial charge in [0.15, 0.2) is 6.10 Å². The standard InChI is InChI=1S/C31H32ClFN2O6/c1-4-19(2)40-28-15-27(26(33)14-25(28)32)35(18-20-13-21(17-34-16-20)30(37)39-3)29(36)23-11-7-8-12-24(23)31(38)41-22-9-5-6-10-22/h1,13-17,19,22H,5-12,18H2,2-3H3. The van der Waals surface area contributed by atoms with E-state index in [0.717, 1.165) is 38.2 Å². The molecule has 4 rings (SSSR count). The van der Waals surface area contributed by atoms with Crippen LogP contribution in [0.1, 0.15) is 74.2 Å². The first-order valence-electron chi connectivity index (χ1n) is 13.6. The zero-order valence-electron chi connectivity index (χ0n) is 23.1. The van der Waals surface area contributed by atoms with E-state index in [1.807, 2.05) is 0 Å². The number of hydrogen-bond acceptors (Lipinski definition) is 7. The number of aromatic nitrogens is 1. The molecule has 2 aliphatic rings. The van der Waals surface area contributed by atoms with E-state index in [4.69, 9.17) is 32.2 Å². The average Bonchev–Trinajstić information content (AvgIpc) is 3.49. The minimum absolute atomic E-state index is 0.0205. The number of esters is 2. The highest BCUT2D eigenvalue weighted by atomic mass is 35.5. The van der Waals surface area contributed by atoms with Gasteiger partial charge in [0.1, 0.15) is 17.7 Å². The van der Waals surface area contributed by atoms with Gasteiger partial charge in [-0.05, 0) is 76.0 Å². The molecule has 2 aromatic rings. The Morgan fingerprint density at radius 1 is 1.10 bits per heavy atom. The maximum Gasteiger partial charge on any atom is 0.339 e. The number of nitrogens with zero attached hydrogens (tertiary/aromatic N) is 2. The number of carbonyl (C=O) groups is 3. The lowest BCUT2D eigenvalue weighted by Gasteiger charge is -2.28. The number of halogens is 2. The highest BCUT2D eigenvalue weighted by molar-refractivity contribution is 6.32. The van der Waals surface area contributed by atoms with E-state index in [1.165, 1.54) is 36.5 Å². The van der Waals surface area contributed by atoms with Crippen LogP contribution < -0.4 is 9.64 Å². The Balaban J connectivity index is 1.78. The largest absolute Gasteiger partial charge is 0.476 e. The number of carbonyl (C=O) groups excluding carboxylic acids is 3. The fourth-order valence-electron chi connectivity index (χ4n) is 5.05. The first-order valence-corrected chi connectivity index (χ1v) is 14.0. The average molecular weight is 583 g/mol. The molecule has 1 atom stereocenters. The van der Waals surface area contributed by atoms with Crippen molar-refractivity contribution in [1.82, 2.24) is 4.98 Å². The summed E-state index contributed by atoms with van der Waals surface area (Å²) in [6, 6.07) is 3.86. The molecule has 0 spiro atoms. The zero-order valence-corrected chi connectivity index (χ0v) is 23.8. The van der Waals surface area contributed by atoms with E-state index in [-0.39, 0.29) is 40.2 Å². The van der Waals surface area contributed by atoms with E-state index in [9.17, 15) is 14.4 Å². The number of amides is 1. The Hall–Kier alpha value is -3.90. The molecular formula is C31H32ClFN2O6. The molecule has 1 amide bonds. The van der Waals surface area contributed by atoms with Gasteiger partial charge < -0.3 is 19.1 Å². The van der Waals surface area contributed by atoms with Crippen molar-refractivity contribution in [1.29, 1.82) is 0 Å². The van der Waals surface area contributed by atoms with Crippen LogP contribution in [0.4, 0.5) is 10.1 Å². The molecule has 10 heteroatoms.